The minimum absolute atomic E-state index is 0.0414. The first kappa shape index (κ1) is 66.1. The van der Waals surface area contributed by atoms with Gasteiger partial charge in [-0.3, -0.25) is 24.3 Å². The molecule has 2 bridgehead atoms. The van der Waals surface area contributed by atoms with Gasteiger partial charge in [0.1, 0.15) is 23.2 Å². The lowest BCUT2D eigenvalue weighted by molar-refractivity contribution is -0.317. The van der Waals surface area contributed by atoms with E-state index in [1.807, 2.05) is 63.4 Å². The van der Waals surface area contributed by atoms with E-state index < -0.39 is 111 Å². The number of aliphatic hydroxyl groups excluding tert-OH is 2. The minimum atomic E-state index is -1.47. The van der Waals surface area contributed by atoms with Gasteiger partial charge in [0.15, 0.2) is 33.8 Å². The van der Waals surface area contributed by atoms with Gasteiger partial charge in [0.2, 0.25) is 0 Å². The number of hydrogen-bond acceptors (Lipinski definition) is 19. The lowest BCUT2D eigenvalue weighted by atomic mass is 9.72. The molecule has 2 N–H and O–H groups in total. The Bertz CT molecular complexity index is 2440. The molecule has 22 heteroatoms. The van der Waals surface area contributed by atoms with Crippen molar-refractivity contribution < 1.29 is 72.0 Å². The van der Waals surface area contributed by atoms with Crippen LogP contribution in [0.25, 0.3) is 0 Å². The number of carbonyl (C=O) groups excluding carboxylic acids is 3. The molecule has 1 aromatic heterocycles. The van der Waals surface area contributed by atoms with Crippen molar-refractivity contribution in [1.29, 1.82) is 0 Å². The molecule has 18 nitrogen and oxygen atoms in total. The number of halogens is 3. The maximum Gasteiger partial charge on any atom is 0.320 e. The van der Waals surface area contributed by atoms with Crippen molar-refractivity contribution in [2.24, 2.45) is 35.5 Å². The Labute approximate surface area is 513 Å². The summed E-state index contributed by atoms with van der Waals surface area (Å²) in [5, 5.41) is 23.4. The molecule has 0 aromatic carbocycles. The highest BCUT2D eigenvalue weighted by Gasteiger charge is 2.63. The van der Waals surface area contributed by atoms with Crippen molar-refractivity contribution in [3.8, 4) is 0 Å². The van der Waals surface area contributed by atoms with Gasteiger partial charge in [0, 0.05) is 92.6 Å². The Morgan fingerprint density at radius 2 is 1.63 bits per heavy atom. The lowest BCUT2D eigenvalue weighted by Gasteiger charge is -2.49. The molecule has 462 valence electrons. The van der Waals surface area contributed by atoms with Gasteiger partial charge in [-0.1, -0.05) is 50.9 Å². The second-order valence-corrected chi connectivity index (χ2v) is 28.5. The summed E-state index contributed by atoms with van der Waals surface area (Å²) in [7, 11) is 5.17. The number of cyclic esters (lactones) is 1. The fourth-order valence-corrected chi connectivity index (χ4v) is 16.7. The van der Waals surface area contributed by atoms with Gasteiger partial charge in [0.25, 0.3) is 0 Å². The largest absolute Gasteiger partial charge is 0.493 e. The predicted molar refractivity (Wildman–Crippen MR) is 319 cm³/mol. The number of esters is 2. The first-order valence-electron chi connectivity index (χ1n) is 29.5. The molecule has 5 saturated heterocycles. The molecule has 6 fully saturated rings. The average molecular weight is 1320 g/mol. The van der Waals surface area contributed by atoms with Crippen LogP contribution in [-0.2, 0) is 68.3 Å². The number of alkyl halides is 1. The minimum Gasteiger partial charge on any atom is -0.493 e. The Hall–Kier alpha value is -1.90. The molecule has 1 aromatic rings. The topological polar surface area (TPSA) is 203 Å². The number of Topliss-reactive ketones (excluding diaryl/α,β-unsaturated/α-hetero) is 1. The number of pyridine rings is 1. The van der Waals surface area contributed by atoms with E-state index in [-0.39, 0.29) is 49.5 Å². The van der Waals surface area contributed by atoms with Crippen LogP contribution in [0.4, 0.5) is 0 Å². The summed E-state index contributed by atoms with van der Waals surface area (Å²) in [6.07, 6.45) is 5.93. The van der Waals surface area contributed by atoms with Gasteiger partial charge in [0.05, 0.1) is 71.4 Å². The third-order valence-electron chi connectivity index (χ3n) is 18.6. The van der Waals surface area contributed by atoms with Gasteiger partial charge in [-0.25, -0.2) is 0 Å². The third kappa shape index (κ3) is 14.3. The number of thioether (sulfide) groups is 1. The highest BCUT2D eigenvalue weighted by atomic mass is 127. The Kier molecular flexibility index (Phi) is 22.3. The number of nitrogens with zero attached hydrogens (tertiary/aromatic N) is 3. The Morgan fingerprint density at radius 1 is 0.939 bits per heavy atom. The molecule has 0 amide bonds. The number of fused-ring (bicyclic) bond motifs is 3. The first-order chi connectivity index (χ1) is 38.7. The zero-order valence-electron chi connectivity index (χ0n) is 50.1. The van der Waals surface area contributed by atoms with E-state index in [0.717, 1.165) is 32.2 Å². The second-order valence-electron chi connectivity index (χ2n) is 25.3. The number of ether oxygens (including phenoxy) is 10. The molecule has 8 rings (SSSR count). The van der Waals surface area contributed by atoms with Crippen LogP contribution in [0.15, 0.2) is 36.1 Å². The van der Waals surface area contributed by atoms with Crippen LogP contribution < -0.4 is 0 Å². The van der Waals surface area contributed by atoms with E-state index in [0.29, 0.717) is 64.7 Å². The van der Waals surface area contributed by atoms with Crippen molar-refractivity contribution >= 4 is 75.3 Å². The summed E-state index contributed by atoms with van der Waals surface area (Å²) < 4.78 is 63.9. The number of carbonyl (C=O) groups is 3. The summed E-state index contributed by atoms with van der Waals surface area (Å²) >= 11 is 17.0. The summed E-state index contributed by atoms with van der Waals surface area (Å²) in [4.78, 5) is 53.8. The quantitative estimate of drug-likeness (QED) is 0.0799. The molecule has 5 aliphatic heterocycles. The van der Waals surface area contributed by atoms with Crippen LogP contribution in [0.2, 0.25) is 10.0 Å². The van der Waals surface area contributed by atoms with Gasteiger partial charge < -0.3 is 62.5 Å². The lowest BCUT2D eigenvalue weighted by Crippen LogP contribution is -2.60. The summed E-state index contributed by atoms with van der Waals surface area (Å²) in [5.74, 6) is -3.13. The highest BCUT2D eigenvalue weighted by Crippen LogP contribution is 2.51. The summed E-state index contributed by atoms with van der Waals surface area (Å²) in [6, 6.07) is -0.466. The van der Waals surface area contributed by atoms with Crippen LogP contribution >= 0.6 is 57.6 Å². The average Bonchev–Trinajstić information content (AvgIpc) is 4.17. The van der Waals surface area contributed by atoms with Crippen molar-refractivity contribution in [3.05, 3.63) is 51.7 Å². The molecular formula is C60H90Cl2IN3O15S. The van der Waals surface area contributed by atoms with Gasteiger partial charge in [-0.05, 0) is 134 Å². The number of methoxy groups -OCH3 is 2. The van der Waals surface area contributed by atoms with Gasteiger partial charge >= 0.3 is 11.9 Å². The fourth-order valence-electron chi connectivity index (χ4n) is 13.9. The zero-order chi connectivity index (χ0) is 59.7. The van der Waals surface area contributed by atoms with Crippen LogP contribution in [0.3, 0.4) is 0 Å². The molecular weight excluding hydrogens is 1230 g/mol. The predicted octanol–water partition coefficient (Wildman–Crippen LogP) is 9.08. The number of aromatic nitrogens is 1. The maximum absolute atomic E-state index is 15.5. The molecule has 0 spiro atoms. The third-order valence-corrected chi connectivity index (χ3v) is 22.0. The number of aliphatic hydroxyl groups is 2. The van der Waals surface area contributed by atoms with Gasteiger partial charge in [-0.15, -0.1) is 11.8 Å². The molecule has 6 heterocycles. The zero-order valence-corrected chi connectivity index (χ0v) is 54.5. The van der Waals surface area contributed by atoms with Gasteiger partial charge in [-0.2, -0.15) is 0 Å². The second kappa shape index (κ2) is 27.6. The van der Waals surface area contributed by atoms with Crippen molar-refractivity contribution in [2.45, 2.75) is 221 Å². The monoisotopic (exact) mass is 1320 g/mol. The number of hydrogen-bond donors (Lipinski definition) is 2. The van der Waals surface area contributed by atoms with E-state index in [4.69, 9.17) is 70.6 Å². The molecule has 2 unspecified atom stereocenters. The molecule has 20 atom stereocenters. The number of likely N-dealkylation sites (N-methyl/N-ethyl adjacent to an activating group) is 1. The molecule has 1 saturated carbocycles. The first-order valence-corrected chi connectivity index (χ1v) is 32.5. The maximum atomic E-state index is 15.5. The Balaban J connectivity index is 1.12. The van der Waals surface area contributed by atoms with Crippen molar-refractivity contribution in [3.63, 3.8) is 0 Å². The van der Waals surface area contributed by atoms with E-state index in [2.05, 4.69) is 34.7 Å². The molecule has 0 radical (unpaired) electrons. The molecule has 7 aliphatic rings. The highest BCUT2D eigenvalue weighted by molar-refractivity contribution is 14.1. The SMILES string of the molecule is COC1=CCC(N(CCSC2C(=O)O[C@@]3(C)[C@H]2[C@@H](C)C(=O)[C@@H]2CO[C@](C)(C2)[C@H](O[C@@H]2O[C@H](C)C[C@H](N(C)CC(C)C)[C@H]2O)[C@@H](C)[C@H](O[C@H]2C[C@@](C)(OC)[C@@H](O)[C@H](C)O2)[C@@H](C)C(=O)O[C@@H]3I)Cc2c(Cl)cncc2Cl)C=C1OC1CCCC1. The van der Waals surface area contributed by atoms with E-state index in [1.54, 1.807) is 47.2 Å². The van der Waals surface area contributed by atoms with E-state index in [1.165, 1.54) is 18.9 Å². The molecule has 2 aliphatic carbocycles. The fraction of sp³-hybridized carbons (Fsp3) is 0.800. The smallest absolute Gasteiger partial charge is 0.320 e. The summed E-state index contributed by atoms with van der Waals surface area (Å²) in [5.41, 5.74) is -3.03. The van der Waals surface area contributed by atoms with Crippen LogP contribution in [0.5, 0.6) is 0 Å². The molecule has 82 heavy (non-hydrogen) atoms. The van der Waals surface area contributed by atoms with Crippen molar-refractivity contribution in [2.75, 3.05) is 46.7 Å². The van der Waals surface area contributed by atoms with E-state index >= 15 is 9.59 Å². The van der Waals surface area contributed by atoms with E-state index in [9.17, 15) is 15.0 Å². The van der Waals surface area contributed by atoms with Crippen molar-refractivity contribution in [1.82, 2.24) is 14.8 Å². The number of rotatable bonds is 18. The normalized spacial score (nSPS) is 40.6. The van der Waals surface area contributed by atoms with Crippen LogP contribution in [-0.4, -0.2) is 183 Å². The number of ketones is 1. The van der Waals surface area contributed by atoms with Crippen LogP contribution in [0.1, 0.15) is 126 Å². The summed E-state index contributed by atoms with van der Waals surface area (Å²) in [6.45, 7) is 20.5. The van der Waals surface area contributed by atoms with Crippen LogP contribution in [0, 0.1) is 35.5 Å². The standard InChI is InChI=1S/C60H90Cl2IN3O15S/c1-31(2)28-65(11)43-22-32(3)75-56(49(43)68)79-53-34(5)50(78-46-25-58(8,73-13)52(69)36(7)76-46)35(6)54(70)80-57(63)60(10)47(33(4)48(67)37-24-59(53,9)74-30-37)51(55(71)81-60)82-21-20-66(29-40-41(61)26-64-27-42(40)62)38-18-19-44(72-12)45(23-38)77-39-16-14-15-17-39/h19,23,26-27,31-39,43,46-47,49-53,56-57,68-69H,14-18,20-22,24-25,28-30H2,1-13H3/t32-,33-,34+,35-,36+,37+,38?,43+,46+,47+,49-,50+,51?,52+,53-,56+,57+,58-,59-,60+/m1/s1. The Morgan fingerprint density at radius 3 is 2.29 bits per heavy atom.